The zero-order valence-corrected chi connectivity index (χ0v) is 10.8. The number of ether oxygens (including phenoxy) is 1. The lowest BCUT2D eigenvalue weighted by molar-refractivity contribution is -0.132. The Morgan fingerprint density at radius 1 is 1.28 bits per heavy atom. The van der Waals surface area contributed by atoms with Crippen LogP contribution in [0.25, 0.3) is 0 Å². The first-order valence-corrected chi connectivity index (χ1v) is 6.22. The Labute approximate surface area is 108 Å². The van der Waals surface area contributed by atoms with Gasteiger partial charge in [0.25, 0.3) is 0 Å². The molecule has 1 aromatic carbocycles. The van der Waals surface area contributed by atoms with Crippen molar-refractivity contribution in [3.63, 3.8) is 0 Å². The van der Waals surface area contributed by atoms with E-state index in [1.165, 1.54) is 5.56 Å². The number of aryl methyl sites for hydroxylation is 1. The van der Waals surface area contributed by atoms with Crippen molar-refractivity contribution in [2.45, 2.75) is 26.2 Å². The predicted molar refractivity (Wildman–Crippen MR) is 71.6 cm³/mol. The van der Waals surface area contributed by atoms with Gasteiger partial charge in [0.15, 0.2) is 0 Å². The second-order valence-corrected chi connectivity index (χ2v) is 4.18. The fraction of sp³-hybridized carbons (Fsp3) is 0.400. The van der Waals surface area contributed by atoms with E-state index in [9.17, 15) is 4.79 Å². The molecular weight excluding hydrogens is 228 g/mol. The van der Waals surface area contributed by atoms with Crippen LogP contribution in [0.3, 0.4) is 0 Å². The summed E-state index contributed by atoms with van der Waals surface area (Å²) in [5, 5.41) is 8.64. The Hall–Kier alpha value is -1.61. The Morgan fingerprint density at radius 3 is 2.67 bits per heavy atom. The first-order chi connectivity index (χ1) is 8.70. The molecule has 0 saturated carbocycles. The highest BCUT2D eigenvalue weighted by atomic mass is 16.5. The summed E-state index contributed by atoms with van der Waals surface area (Å²) >= 11 is 0. The Balaban J connectivity index is 2.03. The second kappa shape index (κ2) is 8.48. The van der Waals surface area contributed by atoms with Crippen molar-refractivity contribution in [1.82, 2.24) is 0 Å². The summed E-state index contributed by atoms with van der Waals surface area (Å²) in [5.74, 6) is -0.862. The number of carbonyl (C=O) groups is 1. The summed E-state index contributed by atoms with van der Waals surface area (Å²) < 4.78 is 5.45. The average molecular weight is 248 g/mol. The Morgan fingerprint density at radius 2 is 2.00 bits per heavy atom. The molecule has 0 spiro atoms. The van der Waals surface area contributed by atoms with Crippen LogP contribution in [0.4, 0.5) is 0 Å². The zero-order valence-electron chi connectivity index (χ0n) is 10.8. The highest BCUT2D eigenvalue weighted by Crippen LogP contribution is 2.02. The van der Waals surface area contributed by atoms with Crippen molar-refractivity contribution in [2.24, 2.45) is 0 Å². The quantitative estimate of drug-likeness (QED) is 0.568. The number of carboxylic acid groups (broad SMARTS) is 1. The molecule has 98 valence electrons. The zero-order chi connectivity index (χ0) is 13.2. The molecule has 0 fully saturated rings. The third-order valence-corrected chi connectivity index (χ3v) is 2.65. The van der Waals surface area contributed by atoms with Gasteiger partial charge in [0.2, 0.25) is 0 Å². The molecule has 0 aromatic heterocycles. The fourth-order valence-electron chi connectivity index (χ4n) is 1.57. The SMILES string of the molecule is CC(=CCCOCCCc1ccccc1)C(=O)O. The van der Waals surface area contributed by atoms with E-state index in [0.29, 0.717) is 18.6 Å². The average Bonchev–Trinajstić information content (AvgIpc) is 2.38. The summed E-state index contributed by atoms with van der Waals surface area (Å²) in [4.78, 5) is 10.5. The normalized spacial score (nSPS) is 11.5. The largest absolute Gasteiger partial charge is 0.478 e. The smallest absolute Gasteiger partial charge is 0.330 e. The van der Waals surface area contributed by atoms with E-state index in [-0.39, 0.29) is 0 Å². The highest BCUT2D eigenvalue weighted by molar-refractivity contribution is 5.85. The number of hydrogen-bond acceptors (Lipinski definition) is 2. The maximum absolute atomic E-state index is 10.5. The maximum Gasteiger partial charge on any atom is 0.330 e. The van der Waals surface area contributed by atoms with Crippen LogP contribution in [0, 0.1) is 0 Å². The van der Waals surface area contributed by atoms with E-state index in [1.807, 2.05) is 18.2 Å². The van der Waals surface area contributed by atoms with Gasteiger partial charge in [-0.15, -0.1) is 0 Å². The van der Waals surface area contributed by atoms with Crippen molar-refractivity contribution in [1.29, 1.82) is 0 Å². The molecule has 0 aliphatic rings. The Bertz CT molecular complexity index is 382. The molecule has 0 aliphatic carbocycles. The lowest BCUT2D eigenvalue weighted by Gasteiger charge is -2.03. The van der Waals surface area contributed by atoms with Crippen LogP contribution in [0.15, 0.2) is 42.0 Å². The molecule has 3 nitrogen and oxygen atoms in total. The second-order valence-electron chi connectivity index (χ2n) is 4.18. The molecule has 1 aromatic rings. The summed E-state index contributed by atoms with van der Waals surface area (Å²) in [6.45, 7) is 2.89. The van der Waals surface area contributed by atoms with Gasteiger partial charge < -0.3 is 9.84 Å². The summed E-state index contributed by atoms with van der Waals surface area (Å²) in [6.07, 6.45) is 4.36. The predicted octanol–water partition coefficient (Wildman–Crippen LogP) is 3.06. The first-order valence-electron chi connectivity index (χ1n) is 6.22. The summed E-state index contributed by atoms with van der Waals surface area (Å²) in [5.41, 5.74) is 1.70. The van der Waals surface area contributed by atoms with Crippen molar-refractivity contribution in [2.75, 3.05) is 13.2 Å². The maximum atomic E-state index is 10.5. The molecule has 0 saturated heterocycles. The number of aliphatic carboxylic acids is 1. The Kier molecular flexibility index (Phi) is 6.81. The van der Waals surface area contributed by atoms with Crippen LogP contribution < -0.4 is 0 Å². The van der Waals surface area contributed by atoms with Crippen molar-refractivity contribution in [3.05, 3.63) is 47.5 Å². The van der Waals surface area contributed by atoms with Gasteiger partial charge in [-0.2, -0.15) is 0 Å². The molecule has 3 heteroatoms. The van der Waals surface area contributed by atoms with E-state index in [4.69, 9.17) is 9.84 Å². The summed E-state index contributed by atoms with van der Waals surface area (Å²) in [7, 11) is 0. The van der Waals surface area contributed by atoms with Gasteiger partial charge in [-0.05, 0) is 31.7 Å². The molecule has 1 rings (SSSR count). The molecule has 0 bridgehead atoms. The van der Waals surface area contributed by atoms with Crippen LogP contribution >= 0.6 is 0 Å². The molecule has 0 amide bonds. The third kappa shape index (κ3) is 6.21. The highest BCUT2D eigenvalue weighted by Gasteiger charge is 1.97. The molecule has 1 N–H and O–H groups in total. The molecule has 0 atom stereocenters. The van der Waals surface area contributed by atoms with Gasteiger partial charge >= 0.3 is 5.97 Å². The van der Waals surface area contributed by atoms with Crippen LogP contribution in [0.5, 0.6) is 0 Å². The minimum absolute atomic E-state index is 0.378. The van der Waals surface area contributed by atoms with E-state index >= 15 is 0 Å². The van der Waals surface area contributed by atoms with Crippen molar-refractivity contribution < 1.29 is 14.6 Å². The molecular formula is C15H20O3. The molecule has 0 aliphatic heterocycles. The standard InChI is InChI=1S/C15H20O3/c1-13(15(16)17)7-5-11-18-12-6-10-14-8-3-2-4-9-14/h2-4,7-9H,5-6,10-12H2,1H3,(H,16,17). The van der Waals surface area contributed by atoms with Gasteiger partial charge in [0, 0.05) is 12.2 Å². The lowest BCUT2D eigenvalue weighted by atomic mass is 10.1. The summed E-state index contributed by atoms with van der Waals surface area (Å²) in [6, 6.07) is 10.3. The van der Waals surface area contributed by atoms with Crippen LogP contribution in [0.2, 0.25) is 0 Å². The third-order valence-electron chi connectivity index (χ3n) is 2.65. The molecule has 18 heavy (non-hydrogen) atoms. The lowest BCUT2D eigenvalue weighted by Crippen LogP contribution is -2.00. The topological polar surface area (TPSA) is 46.5 Å². The van der Waals surface area contributed by atoms with Gasteiger partial charge in [0.05, 0.1) is 6.61 Å². The minimum atomic E-state index is -0.862. The molecule has 0 unspecified atom stereocenters. The van der Waals surface area contributed by atoms with Gasteiger partial charge in [-0.3, -0.25) is 0 Å². The minimum Gasteiger partial charge on any atom is -0.478 e. The van der Waals surface area contributed by atoms with E-state index in [2.05, 4.69) is 12.1 Å². The first kappa shape index (κ1) is 14.5. The van der Waals surface area contributed by atoms with Gasteiger partial charge in [0.1, 0.15) is 0 Å². The van der Waals surface area contributed by atoms with Crippen molar-refractivity contribution in [3.8, 4) is 0 Å². The van der Waals surface area contributed by atoms with Crippen LogP contribution in [-0.4, -0.2) is 24.3 Å². The molecule has 0 heterocycles. The monoisotopic (exact) mass is 248 g/mol. The van der Waals surface area contributed by atoms with E-state index in [1.54, 1.807) is 13.0 Å². The van der Waals surface area contributed by atoms with E-state index < -0.39 is 5.97 Å². The van der Waals surface area contributed by atoms with Gasteiger partial charge in [-0.1, -0.05) is 36.4 Å². The van der Waals surface area contributed by atoms with Crippen molar-refractivity contribution >= 4 is 5.97 Å². The van der Waals surface area contributed by atoms with E-state index in [0.717, 1.165) is 19.4 Å². The van der Waals surface area contributed by atoms with Crippen LogP contribution in [-0.2, 0) is 16.0 Å². The molecule has 0 radical (unpaired) electrons. The number of hydrogen-bond donors (Lipinski definition) is 1. The number of benzene rings is 1. The van der Waals surface area contributed by atoms with Crippen LogP contribution in [0.1, 0.15) is 25.3 Å². The number of rotatable bonds is 8. The number of carboxylic acids is 1. The fourth-order valence-corrected chi connectivity index (χ4v) is 1.57. The van der Waals surface area contributed by atoms with Gasteiger partial charge in [-0.25, -0.2) is 4.79 Å².